The Morgan fingerprint density at radius 3 is 1.95 bits per heavy atom. The number of amides is 10. The van der Waals surface area contributed by atoms with E-state index < -0.39 is 132 Å². The van der Waals surface area contributed by atoms with Gasteiger partial charge in [-0.25, -0.2) is 9.59 Å². The maximum atomic E-state index is 14.9. The molecule has 2 aromatic carbocycles. The van der Waals surface area contributed by atoms with Gasteiger partial charge in [0.05, 0.1) is 48.5 Å². The summed E-state index contributed by atoms with van der Waals surface area (Å²) < 4.78 is 11.7. The smallest absolute Gasteiger partial charge is 0.410 e. The molecule has 7 N–H and O–H groups in total. The normalized spacial score (nSPS) is 18.4. The molecule has 0 radical (unpaired) electrons. The van der Waals surface area contributed by atoms with Gasteiger partial charge >= 0.3 is 12.1 Å². The van der Waals surface area contributed by atoms with Crippen molar-refractivity contribution in [1.82, 2.24) is 45.9 Å². The van der Waals surface area contributed by atoms with Gasteiger partial charge in [-0.1, -0.05) is 132 Å². The number of anilines is 1. The average molecular weight is 1470 g/mol. The molecule has 0 spiro atoms. The molecule has 2 heterocycles. The number of ketones is 1. The summed E-state index contributed by atoms with van der Waals surface area (Å²) in [5.74, 6) is -7.85. The van der Waals surface area contributed by atoms with Crippen molar-refractivity contribution in [3.8, 4) is 0 Å². The first-order chi connectivity index (χ1) is 49.5. The number of carbonyl (C=O) groups excluding carboxylic acids is 12. The number of allylic oxidation sites excluding steroid dienone is 2. The standard InChI is InChI=1S/C77H117N11O17/c1-18-48(9)74(86(19-2)43-62(94)87-40-26-30-56(87)69(103-17)49(10)70(97)79-51(12)68(96)53-27-21-20-22-28-53)85(16)75(101)66(46(5)6)83-73(100)67(47(7)8)84(15)76(102)104-44-52-33-35-54(36-34-52)80-71(98)55(29-23-24-39-78-50(11)64-57(89)41-77(13,14)42-58(64)90)81-72(99)65(45(3)4)82-59(91)31-25-32-63(95)105-88-60(92)37-38-61(88)93/h20-22,27-28,33-36,45-49,51,55-56,65-69,74,89,96H,18-19,23-26,29-32,37-44H2,1-17H3,(H,79,97)(H,80,98)(H,81,99)(H,82,91)(H,83,100)/t48-,49+,51+,55-,56-,65-,66-,67-,68+,69+,74+/m1/s1. The predicted octanol–water partition coefficient (Wildman–Crippen LogP) is 7.63. The summed E-state index contributed by atoms with van der Waals surface area (Å²) in [5, 5.41) is 36.4. The number of likely N-dealkylation sites (N-methyl/N-ethyl adjacent to an activating group) is 3. The summed E-state index contributed by atoms with van der Waals surface area (Å²) in [4.78, 5) is 178. The number of rotatable bonds is 39. The zero-order valence-electron chi connectivity index (χ0n) is 64.7. The molecule has 105 heavy (non-hydrogen) atoms. The summed E-state index contributed by atoms with van der Waals surface area (Å²) >= 11 is 0. The Morgan fingerprint density at radius 1 is 0.733 bits per heavy atom. The number of unbranched alkanes of at least 4 members (excludes halogenated alkanes) is 1. The van der Waals surface area contributed by atoms with Gasteiger partial charge in [0.2, 0.25) is 41.4 Å². The van der Waals surface area contributed by atoms with Crippen molar-refractivity contribution in [1.29, 1.82) is 0 Å². The predicted molar refractivity (Wildman–Crippen MR) is 395 cm³/mol. The second-order valence-electron chi connectivity index (χ2n) is 30.0. The van der Waals surface area contributed by atoms with Crippen LogP contribution in [-0.4, -0.2) is 208 Å². The molecule has 2 fully saturated rings. The van der Waals surface area contributed by atoms with E-state index in [0.717, 1.165) is 0 Å². The Bertz CT molecular complexity index is 3400. The number of methoxy groups -OCH3 is 1. The minimum Gasteiger partial charge on any atom is -0.511 e. The van der Waals surface area contributed by atoms with Gasteiger partial charge in [-0.05, 0) is 111 Å². The van der Waals surface area contributed by atoms with Crippen LogP contribution < -0.4 is 26.6 Å². The van der Waals surface area contributed by atoms with Crippen molar-refractivity contribution >= 4 is 82.4 Å². The van der Waals surface area contributed by atoms with E-state index in [1.165, 1.54) is 19.1 Å². The first-order valence-corrected chi connectivity index (χ1v) is 37.1. The third-order valence-electron chi connectivity index (χ3n) is 19.9. The molecule has 11 atom stereocenters. The highest BCUT2D eigenvalue weighted by atomic mass is 16.7. The summed E-state index contributed by atoms with van der Waals surface area (Å²) in [6, 6.07) is 10.0. The number of hydrogen-bond donors (Lipinski definition) is 7. The maximum Gasteiger partial charge on any atom is 0.410 e. The van der Waals surface area contributed by atoms with E-state index in [0.29, 0.717) is 79.2 Å². The Kier molecular flexibility index (Phi) is 33.8. The molecule has 10 amide bonds. The number of nitrogens with zero attached hydrogens (tertiary/aromatic N) is 6. The van der Waals surface area contributed by atoms with Crippen molar-refractivity contribution in [3.05, 3.63) is 77.1 Å². The number of hydrogen-bond acceptors (Lipinski definition) is 19. The zero-order chi connectivity index (χ0) is 78.3. The molecular formula is C77H117N11O17. The van der Waals surface area contributed by atoms with E-state index in [2.05, 4.69) is 31.6 Å². The Morgan fingerprint density at radius 2 is 1.37 bits per heavy atom. The molecule has 2 aromatic rings. The number of aliphatic hydroxyl groups excluding tert-OH is 2. The fourth-order valence-corrected chi connectivity index (χ4v) is 13.8. The van der Waals surface area contributed by atoms with Gasteiger partial charge in [-0.15, -0.1) is 5.06 Å². The van der Waals surface area contributed by atoms with Crippen molar-refractivity contribution < 1.29 is 82.1 Å². The van der Waals surface area contributed by atoms with Crippen molar-refractivity contribution in [2.75, 3.05) is 52.7 Å². The van der Waals surface area contributed by atoms with Crippen LogP contribution in [-0.2, 0) is 73.7 Å². The van der Waals surface area contributed by atoms with Gasteiger partial charge in [-0.2, -0.15) is 0 Å². The zero-order valence-corrected chi connectivity index (χ0v) is 64.7. The van der Waals surface area contributed by atoms with Gasteiger partial charge in [0, 0.05) is 84.2 Å². The number of aliphatic imine (C=N–C) groups is 1. The van der Waals surface area contributed by atoms with Crippen molar-refractivity contribution in [3.63, 3.8) is 0 Å². The molecule has 28 heteroatoms. The number of Topliss-reactive ketones (excluding diaryl/α,β-unsaturated/α-hetero) is 1. The average Bonchev–Trinajstić information content (AvgIpc) is 1.69. The van der Waals surface area contributed by atoms with Gasteiger partial charge in [-0.3, -0.25) is 62.7 Å². The summed E-state index contributed by atoms with van der Waals surface area (Å²) in [5.41, 5.74) is 1.73. The number of hydroxylamine groups is 2. The molecule has 0 bridgehead atoms. The van der Waals surface area contributed by atoms with E-state index in [1.54, 1.807) is 102 Å². The van der Waals surface area contributed by atoms with Gasteiger partial charge in [0.25, 0.3) is 11.8 Å². The number of benzene rings is 2. The van der Waals surface area contributed by atoms with E-state index in [9.17, 15) is 67.7 Å². The molecule has 1 aliphatic carbocycles. The molecule has 0 unspecified atom stereocenters. The Hall–Kier alpha value is -8.63. The summed E-state index contributed by atoms with van der Waals surface area (Å²) in [7, 11) is 4.63. The van der Waals surface area contributed by atoms with Crippen molar-refractivity contribution in [2.24, 2.45) is 40.0 Å². The molecule has 5 rings (SSSR count). The fraction of sp³-hybridized carbons (Fsp3) is 0.649. The summed E-state index contributed by atoms with van der Waals surface area (Å²) in [6.07, 6.45) is -0.233. The molecular weight excluding hydrogens is 1350 g/mol. The van der Waals surface area contributed by atoms with Gasteiger partial charge < -0.3 is 60.9 Å². The van der Waals surface area contributed by atoms with Crippen LogP contribution in [0.2, 0.25) is 0 Å². The SMILES string of the molecule is CC[C@@H](C)[C@H](N(CC)CC(=O)N1CCC[C@@H]1[C@@H](OC)[C@H](C)C(=O)N[C@@H](C)[C@H](O)c1ccccc1)N(C)C(=O)[C@H](NC(=O)[C@@H](C(C)C)N(C)C(=O)OCc1ccc(NC(=O)[C@@H](CCCCN=C(C)C2=C(O)CC(C)(C)CC2=O)NC(=O)[C@H](NC(=O)CCCC(=O)ON2C(=O)CCC2=O)C(C)C)cc1)C(C)C. The first-order valence-electron chi connectivity index (χ1n) is 37.1. The lowest BCUT2D eigenvalue weighted by Crippen LogP contribution is -2.62. The quantitative estimate of drug-likeness (QED) is 0.0146. The number of ether oxygens (including phenoxy) is 2. The molecule has 2 aliphatic heterocycles. The monoisotopic (exact) mass is 1470 g/mol. The molecule has 28 nitrogen and oxygen atoms in total. The van der Waals surface area contributed by atoms with Crippen LogP contribution in [0.3, 0.4) is 0 Å². The highest BCUT2D eigenvalue weighted by Crippen LogP contribution is 2.36. The van der Waals surface area contributed by atoms with E-state index in [-0.39, 0.29) is 105 Å². The Balaban J connectivity index is 1.22. The minimum atomic E-state index is -1.14. The summed E-state index contributed by atoms with van der Waals surface area (Å²) in [6.45, 7) is 26.3. The third-order valence-corrected chi connectivity index (χ3v) is 19.9. The van der Waals surface area contributed by atoms with Crippen LogP contribution in [0.15, 0.2) is 70.9 Å². The van der Waals surface area contributed by atoms with Crippen LogP contribution in [0.25, 0.3) is 0 Å². The molecule has 0 aromatic heterocycles. The second kappa shape index (κ2) is 40.7. The molecule has 2 saturated heterocycles. The second-order valence-corrected chi connectivity index (χ2v) is 30.0. The third kappa shape index (κ3) is 24.7. The lowest BCUT2D eigenvalue weighted by molar-refractivity contribution is -0.197. The van der Waals surface area contributed by atoms with Crippen LogP contribution in [0, 0.1) is 35.0 Å². The van der Waals surface area contributed by atoms with E-state index in [4.69, 9.17) is 14.3 Å². The van der Waals surface area contributed by atoms with E-state index in [1.807, 2.05) is 71.6 Å². The minimum absolute atomic E-state index is 0.00770. The van der Waals surface area contributed by atoms with Crippen LogP contribution >= 0.6 is 0 Å². The number of nitrogens with one attached hydrogen (secondary N) is 5. The van der Waals surface area contributed by atoms with Crippen LogP contribution in [0.1, 0.15) is 198 Å². The number of imide groups is 1. The van der Waals surface area contributed by atoms with Gasteiger partial charge in [0.15, 0.2) is 5.78 Å². The molecule has 0 saturated carbocycles. The molecule has 3 aliphatic rings. The lowest BCUT2D eigenvalue weighted by atomic mass is 9.76. The fourth-order valence-electron chi connectivity index (χ4n) is 13.8. The number of aliphatic hydroxyl groups is 2. The topological polar surface area (TPSA) is 362 Å². The van der Waals surface area contributed by atoms with Crippen molar-refractivity contribution in [2.45, 2.75) is 242 Å². The lowest BCUT2D eigenvalue weighted by Gasteiger charge is -2.43. The largest absolute Gasteiger partial charge is 0.511 e. The molecule has 582 valence electrons. The Labute approximate surface area is 619 Å². The van der Waals surface area contributed by atoms with Crippen LogP contribution in [0.4, 0.5) is 10.5 Å². The highest BCUT2D eigenvalue weighted by molar-refractivity contribution is 6.22. The first kappa shape index (κ1) is 87.0. The van der Waals surface area contributed by atoms with Gasteiger partial charge in [0.1, 0.15) is 36.5 Å². The highest BCUT2D eigenvalue weighted by Gasteiger charge is 2.44. The van der Waals surface area contributed by atoms with Crippen LogP contribution in [0.5, 0.6) is 0 Å². The number of likely N-dealkylation sites (tertiary alicyclic amines) is 1. The van der Waals surface area contributed by atoms with E-state index >= 15 is 0 Å². The maximum absolute atomic E-state index is 14.9. The number of carbonyl (C=O) groups is 12.